The van der Waals surface area contributed by atoms with Crippen LogP contribution in [0.15, 0.2) is 47.6 Å². The minimum atomic E-state index is -0.649. The highest BCUT2D eigenvalue weighted by Crippen LogP contribution is 2.18. The molecule has 0 saturated carbocycles. The lowest BCUT2D eigenvalue weighted by Crippen LogP contribution is -2.36. The first-order chi connectivity index (χ1) is 16.3. The lowest BCUT2D eigenvalue weighted by Gasteiger charge is -2.15. The summed E-state index contributed by atoms with van der Waals surface area (Å²) < 4.78 is 7.49. The molecular formula is C25H31N5O3S. The number of ether oxygens (including phenoxy) is 1. The second-order valence-electron chi connectivity index (χ2n) is 8.07. The number of carbonyl (C=O) groups excluding carboxylic acids is 2. The molecule has 0 unspecified atom stereocenters. The molecule has 0 aliphatic rings. The van der Waals surface area contributed by atoms with Crippen molar-refractivity contribution in [1.29, 1.82) is 0 Å². The van der Waals surface area contributed by atoms with Crippen molar-refractivity contribution >= 4 is 29.3 Å². The Kier molecular flexibility index (Phi) is 8.70. The van der Waals surface area contributed by atoms with Gasteiger partial charge in [-0.1, -0.05) is 36.9 Å². The number of hydrogen-bond acceptors (Lipinski definition) is 6. The molecule has 1 atom stereocenters. The van der Waals surface area contributed by atoms with Gasteiger partial charge in [-0.25, -0.2) is 0 Å². The highest BCUT2D eigenvalue weighted by Gasteiger charge is 2.17. The minimum absolute atomic E-state index is 0.121. The first-order valence-corrected chi connectivity index (χ1v) is 12.2. The van der Waals surface area contributed by atoms with E-state index in [0.717, 1.165) is 17.7 Å². The van der Waals surface area contributed by atoms with Gasteiger partial charge in [0.15, 0.2) is 17.1 Å². The van der Waals surface area contributed by atoms with Gasteiger partial charge in [0.1, 0.15) is 5.75 Å². The van der Waals surface area contributed by atoms with Crippen LogP contribution in [0.25, 0.3) is 0 Å². The molecular weight excluding hydrogens is 450 g/mol. The van der Waals surface area contributed by atoms with E-state index in [2.05, 4.69) is 27.8 Å². The van der Waals surface area contributed by atoms with Gasteiger partial charge in [-0.2, -0.15) is 0 Å². The minimum Gasteiger partial charge on any atom is -0.481 e. The summed E-state index contributed by atoms with van der Waals surface area (Å²) in [4.78, 5) is 24.8. The van der Waals surface area contributed by atoms with Crippen LogP contribution in [0.3, 0.4) is 0 Å². The SMILES string of the molecule is CCc1ccc(O[C@H](C)C(=O)NCc2nnc(SCC(=O)Nc3ccc(C)c(C)c3)n2C)cc1. The van der Waals surface area contributed by atoms with Gasteiger partial charge in [0, 0.05) is 12.7 Å². The number of hydrogen-bond donors (Lipinski definition) is 2. The smallest absolute Gasteiger partial charge is 0.261 e. The zero-order valence-electron chi connectivity index (χ0n) is 20.2. The van der Waals surface area contributed by atoms with E-state index >= 15 is 0 Å². The maximum absolute atomic E-state index is 12.4. The van der Waals surface area contributed by atoms with Crippen LogP contribution in [0.4, 0.5) is 5.69 Å². The molecule has 180 valence electrons. The summed E-state index contributed by atoms with van der Waals surface area (Å²) >= 11 is 1.29. The molecule has 0 aliphatic heterocycles. The molecule has 0 radical (unpaired) electrons. The van der Waals surface area contributed by atoms with Gasteiger partial charge < -0.3 is 19.9 Å². The van der Waals surface area contributed by atoms with Crippen molar-refractivity contribution in [1.82, 2.24) is 20.1 Å². The number of nitrogens with zero attached hydrogens (tertiary/aromatic N) is 3. The van der Waals surface area contributed by atoms with Gasteiger partial charge in [0.05, 0.1) is 12.3 Å². The molecule has 0 fully saturated rings. The molecule has 2 aromatic carbocycles. The van der Waals surface area contributed by atoms with E-state index in [1.54, 1.807) is 18.5 Å². The van der Waals surface area contributed by atoms with Crippen LogP contribution in [0.5, 0.6) is 5.75 Å². The molecule has 1 aromatic heterocycles. The van der Waals surface area contributed by atoms with Gasteiger partial charge in [-0.05, 0) is 68.1 Å². The number of amides is 2. The summed E-state index contributed by atoms with van der Waals surface area (Å²) in [5.41, 5.74) is 4.29. The largest absolute Gasteiger partial charge is 0.481 e. The Morgan fingerprint density at radius 3 is 2.50 bits per heavy atom. The Bertz CT molecular complexity index is 1140. The lowest BCUT2D eigenvalue weighted by molar-refractivity contribution is -0.127. The molecule has 3 rings (SSSR count). The number of aromatic nitrogens is 3. The number of aryl methyl sites for hydroxylation is 3. The molecule has 8 nitrogen and oxygen atoms in total. The first kappa shape index (κ1) is 25.3. The number of carbonyl (C=O) groups is 2. The molecule has 0 spiro atoms. The van der Waals surface area contributed by atoms with E-state index in [9.17, 15) is 9.59 Å². The number of benzene rings is 2. The van der Waals surface area contributed by atoms with Crippen molar-refractivity contribution in [2.24, 2.45) is 7.05 Å². The average molecular weight is 482 g/mol. The average Bonchev–Trinajstić information content (AvgIpc) is 3.18. The van der Waals surface area contributed by atoms with E-state index in [1.165, 1.54) is 22.9 Å². The quantitative estimate of drug-likeness (QED) is 0.428. The third-order valence-corrected chi connectivity index (χ3v) is 6.50. The second kappa shape index (κ2) is 11.7. The summed E-state index contributed by atoms with van der Waals surface area (Å²) in [6.45, 7) is 8.04. The Hall–Kier alpha value is -3.33. The molecule has 0 bridgehead atoms. The zero-order chi connectivity index (χ0) is 24.7. The highest BCUT2D eigenvalue weighted by molar-refractivity contribution is 7.99. The van der Waals surface area contributed by atoms with Crippen LogP contribution in [-0.2, 0) is 29.6 Å². The number of thioether (sulfide) groups is 1. The number of nitrogens with one attached hydrogen (secondary N) is 2. The van der Waals surface area contributed by atoms with Crippen molar-refractivity contribution < 1.29 is 14.3 Å². The van der Waals surface area contributed by atoms with Crippen molar-refractivity contribution in [3.63, 3.8) is 0 Å². The van der Waals surface area contributed by atoms with Crippen LogP contribution in [0.1, 0.15) is 36.4 Å². The third kappa shape index (κ3) is 6.84. The third-order valence-electron chi connectivity index (χ3n) is 5.48. The molecule has 0 saturated heterocycles. The number of anilines is 1. The van der Waals surface area contributed by atoms with Gasteiger partial charge in [0.2, 0.25) is 5.91 Å². The molecule has 3 aromatic rings. The first-order valence-electron chi connectivity index (χ1n) is 11.2. The van der Waals surface area contributed by atoms with Crippen LogP contribution >= 0.6 is 11.8 Å². The van der Waals surface area contributed by atoms with Gasteiger partial charge >= 0.3 is 0 Å². The van der Waals surface area contributed by atoms with Crippen LogP contribution < -0.4 is 15.4 Å². The second-order valence-corrected chi connectivity index (χ2v) is 9.01. The monoisotopic (exact) mass is 481 g/mol. The van der Waals surface area contributed by atoms with Crippen LogP contribution in [-0.4, -0.2) is 38.4 Å². The molecule has 0 aliphatic carbocycles. The predicted octanol–water partition coefficient (Wildman–Crippen LogP) is 3.81. The summed E-state index contributed by atoms with van der Waals surface area (Å²) in [5, 5.41) is 14.6. The van der Waals surface area contributed by atoms with Crippen molar-refractivity contribution in [3.8, 4) is 5.75 Å². The van der Waals surface area contributed by atoms with Crippen LogP contribution in [0.2, 0.25) is 0 Å². The fourth-order valence-electron chi connectivity index (χ4n) is 3.14. The fraction of sp³-hybridized carbons (Fsp3) is 0.360. The van der Waals surface area contributed by atoms with Gasteiger partial charge in [-0.3, -0.25) is 9.59 Å². The Labute approximate surface area is 204 Å². The molecule has 2 amide bonds. The van der Waals surface area contributed by atoms with E-state index in [1.807, 2.05) is 56.3 Å². The predicted molar refractivity (Wildman–Crippen MR) is 134 cm³/mol. The van der Waals surface area contributed by atoms with Crippen molar-refractivity contribution in [2.45, 2.75) is 51.9 Å². The maximum atomic E-state index is 12.4. The standard InChI is InChI=1S/C25H31N5O3S/c1-6-19-8-11-21(12-9-19)33-18(4)24(32)26-14-22-28-29-25(30(22)5)34-15-23(31)27-20-10-7-16(2)17(3)13-20/h7-13,18H,6,14-15H2,1-5H3,(H,26,32)(H,27,31)/t18-/m1/s1. The summed E-state index contributed by atoms with van der Waals surface area (Å²) in [6.07, 6.45) is 0.300. The fourth-order valence-corrected chi connectivity index (χ4v) is 3.87. The molecule has 2 N–H and O–H groups in total. The van der Waals surface area contributed by atoms with Gasteiger partial charge in [0.25, 0.3) is 5.91 Å². The lowest BCUT2D eigenvalue weighted by atomic mass is 10.1. The van der Waals surface area contributed by atoms with Gasteiger partial charge in [-0.15, -0.1) is 10.2 Å². The maximum Gasteiger partial charge on any atom is 0.261 e. The molecule has 34 heavy (non-hydrogen) atoms. The van der Waals surface area contributed by atoms with E-state index in [-0.39, 0.29) is 24.1 Å². The topological polar surface area (TPSA) is 98.1 Å². The molecule has 9 heteroatoms. The zero-order valence-corrected chi connectivity index (χ0v) is 21.0. The Morgan fingerprint density at radius 1 is 1.09 bits per heavy atom. The van der Waals surface area contributed by atoms with Crippen molar-refractivity contribution in [3.05, 3.63) is 65.0 Å². The highest BCUT2D eigenvalue weighted by atomic mass is 32.2. The summed E-state index contributed by atoms with van der Waals surface area (Å²) in [6, 6.07) is 13.5. The van der Waals surface area contributed by atoms with Crippen molar-refractivity contribution in [2.75, 3.05) is 11.1 Å². The van der Waals surface area contributed by atoms with E-state index in [4.69, 9.17) is 4.74 Å². The summed E-state index contributed by atoms with van der Waals surface area (Å²) in [7, 11) is 1.81. The normalized spacial score (nSPS) is 11.7. The Balaban J connectivity index is 1.47. The van der Waals surface area contributed by atoms with E-state index < -0.39 is 6.10 Å². The van der Waals surface area contributed by atoms with Crippen LogP contribution in [0, 0.1) is 13.8 Å². The summed E-state index contributed by atoms with van der Waals surface area (Å²) in [5.74, 6) is 1.07. The molecule has 1 heterocycles. The Morgan fingerprint density at radius 2 is 1.82 bits per heavy atom. The number of rotatable bonds is 10. The van der Waals surface area contributed by atoms with E-state index in [0.29, 0.717) is 16.7 Å².